The van der Waals surface area contributed by atoms with Crippen LogP contribution in [0.25, 0.3) is 11.1 Å². The Labute approximate surface area is 164 Å². The van der Waals surface area contributed by atoms with Crippen LogP contribution in [0.3, 0.4) is 0 Å². The second-order valence-electron chi connectivity index (χ2n) is 7.44. The molecule has 28 heavy (non-hydrogen) atoms. The number of hydrogen-bond acceptors (Lipinski definition) is 5. The summed E-state index contributed by atoms with van der Waals surface area (Å²) < 4.78 is 16.6. The number of methoxy groups -OCH3 is 1. The average Bonchev–Trinajstić information content (AvgIpc) is 3.18. The van der Waals surface area contributed by atoms with Crippen molar-refractivity contribution in [3.8, 4) is 0 Å². The van der Waals surface area contributed by atoms with Crippen LogP contribution in [0.4, 0.5) is 0 Å². The largest absolute Gasteiger partial charge is 0.465 e. The fraction of sp³-hybridized carbons (Fsp3) is 0.391. The number of oxazole rings is 1. The molecule has 0 N–H and O–H groups in total. The van der Waals surface area contributed by atoms with Crippen LogP contribution < -0.4 is 0 Å². The third-order valence-electron chi connectivity index (χ3n) is 5.49. The Balaban J connectivity index is 1.31. The number of aromatic nitrogens is 1. The lowest BCUT2D eigenvalue weighted by Gasteiger charge is -2.26. The van der Waals surface area contributed by atoms with Crippen molar-refractivity contribution in [1.29, 1.82) is 0 Å². The molecule has 1 aliphatic rings. The summed E-state index contributed by atoms with van der Waals surface area (Å²) in [6, 6.07) is 15.5. The minimum absolute atomic E-state index is 0.333. The summed E-state index contributed by atoms with van der Waals surface area (Å²) in [6.07, 6.45) is 4.34. The minimum Gasteiger partial charge on any atom is -0.465 e. The van der Waals surface area contributed by atoms with E-state index in [1.165, 1.54) is 12.7 Å². The Morgan fingerprint density at radius 1 is 1.11 bits per heavy atom. The van der Waals surface area contributed by atoms with Gasteiger partial charge in [-0.15, -0.1) is 0 Å². The molecule has 4 rings (SSSR count). The molecule has 0 spiro atoms. The summed E-state index contributed by atoms with van der Waals surface area (Å²) in [4.78, 5) is 16.3. The molecule has 0 unspecified atom stereocenters. The van der Waals surface area contributed by atoms with Crippen molar-refractivity contribution >= 4 is 17.1 Å². The van der Waals surface area contributed by atoms with Gasteiger partial charge in [-0.1, -0.05) is 30.3 Å². The predicted octanol–water partition coefficient (Wildman–Crippen LogP) is 5.11. The predicted molar refractivity (Wildman–Crippen MR) is 106 cm³/mol. The van der Waals surface area contributed by atoms with Gasteiger partial charge in [-0.25, -0.2) is 9.78 Å². The molecule has 0 saturated heterocycles. The minimum atomic E-state index is -0.359. The molecule has 0 atom stereocenters. The normalized spacial score (nSPS) is 19.6. The molecule has 146 valence electrons. The standard InChI is InChI=1S/C23H25NO4/c1-26-23(25)19-11-12-21-20(13-19)24-22(28-21)18-9-7-17(8-10-18)15-27-14-16-5-3-2-4-6-16/h2-6,11-13,17-18H,7-10,14-15H2,1H3. The molecule has 1 aromatic heterocycles. The van der Waals surface area contributed by atoms with Gasteiger partial charge in [0.1, 0.15) is 5.52 Å². The molecule has 1 aliphatic carbocycles. The Hall–Kier alpha value is -2.66. The number of hydrogen-bond donors (Lipinski definition) is 0. The first kappa shape index (κ1) is 18.7. The summed E-state index contributed by atoms with van der Waals surface area (Å²) in [7, 11) is 1.38. The van der Waals surface area contributed by atoms with Gasteiger partial charge in [0.05, 0.1) is 19.3 Å². The van der Waals surface area contributed by atoms with Crippen LogP contribution >= 0.6 is 0 Å². The lowest BCUT2D eigenvalue weighted by molar-refractivity contribution is 0.0601. The van der Waals surface area contributed by atoms with E-state index in [0.29, 0.717) is 29.5 Å². The van der Waals surface area contributed by atoms with E-state index in [9.17, 15) is 4.79 Å². The third kappa shape index (κ3) is 4.25. The fourth-order valence-electron chi connectivity index (χ4n) is 3.86. The molecular formula is C23H25NO4. The topological polar surface area (TPSA) is 61.6 Å². The van der Waals surface area contributed by atoms with Gasteiger partial charge in [-0.05, 0) is 55.4 Å². The third-order valence-corrected chi connectivity index (χ3v) is 5.49. The second-order valence-corrected chi connectivity index (χ2v) is 7.44. The van der Waals surface area contributed by atoms with Crippen LogP contribution in [-0.2, 0) is 16.1 Å². The smallest absolute Gasteiger partial charge is 0.337 e. The highest BCUT2D eigenvalue weighted by Crippen LogP contribution is 2.36. The van der Waals surface area contributed by atoms with E-state index in [2.05, 4.69) is 17.1 Å². The number of nitrogens with zero attached hydrogens (tertiary/aromatic N) is 1. The molecule has 0 bridgehead atoms. The molecule has 0 radical (unpaired) electrons. The van der Waals surface area contributed by atoms with Gasteiger partial charge >= 0.3 is 5.97 Å². The van der Waals surface area contributed by atoms with E-state index in [-0.39, 0.29) is 5.97 Å². The summed E-state index contributed by atoms with van der Waals surface area (Å²) >= 11 is 0. The van der Waals surface area contributed by atoms with E-state index in [1.54, 1.807) is 18.2 Å². The fourth-order valence-corrected chi connectivity index (χ4v) is 3.86. The lowest BCUT2D eigenvalue weighted by atomic mass is 9.82. The zero-order valence-corrected chi connectivity index (χ0v) is 16.1. The number of carbonyl (C=O) groups is 1. The van der Waals surface area contributed by atoms with Gasteiger partial charge in [0.15, 0.2) is 11.5 Å². The maximum absolute atomic E-state index is 11.7. The first-order chi connectivity index (χ1) is 13.7. The van der Waals surface area contributed by atoms with Crippen molar-refractivity contribution in [2.75, 3.05) is 13.7 Å². The lowest BCUT2D eigenvalue weighted by Crippen LogP contribution is -2.18. The van der Waals surface area contributed by atoms with E-state index >= 15 is 0 Å². The Morgan fingerprint density at radius 2 is 1.89 bits per heavy atom. The van der Waals surface area contributed by atoms with Crippen molar-refractivity contribution in [2.45, 2.75) is 38.2 Å². The molecule has 1 saturated carbocycles. The highest BCUT2D eigenvalue weighted by Gasteiger charge is 2.26. The zero-order chi connectivity index (χ0) is 19.3. The van der Waals surface area contributed by atoms with Crippen LogP contribution in [-0.4, -0.2) is 24.7 Å². The molecular weight excluding hydrogens is 354 g/mol. The van der Waals surface area contributed by atoms with Gasteiger partial charge < -0.3 is 13.9 Å². The van der Waals surface area contributed by atoms with Gasteiger partial charge in [-0.2, -0.15) is 0 Å². The highest BCUT2D eigenvalue weighted by atomic mass is 16.5. The number of benzene rings is 2. The molecule has 1 fully saturated rings. The van der Waals surface area contributed by atoms with Gasteiger partial charge in [0.25, 0.3) is 0 Å². The quantitative estimate of drug-likeness (QED) is 0.557. The van der Waals surface area contributed by atoms with Crippen molar-refractivity contribution in [3.05, 3.63) is 65.5 Å². The van der Waals surface area contributed by atoms with Gasteiger partial charge in [0.2, 0.25) is 0 Å². The van der Waals surface area contributed by atoms with Crippen LogP contribution in [0, 0.1) is 5.92 Å². The zero-order valence-electron chi connectivity index (χ0n) is 16.1. The van der Waals surface area contributed by atoms with Gasteiger partial charge in [0, 0.05) is 12.5 Å². The number of esters is 1. The summed E-state index contributed by atoms with van der Waals surface area (Å²) in [6.45, 7) is 1.48. The highest BCUT2D eigenvalue weighted by molar-refractivity contribution is 5.93. The van der Waals surface area contributed by atoms with Crippen LogP contribution in [0.15, 0.2) is 52.9 Å². The summed E-state index contributed by atoms with van der Waals surface area (Å²) in [5.74, 6) is 1.35. The van der Waals surface area contributed by atoms with Crippen LogP contribution in [0.5, 0.6) is 0 Å². The van der Waals surface area contributed by atoms with Crippen LogP contribution in [0.2, 0.25) is 0 Å². The van der Waals surface area contributed by atoms with Crippen molar-refractivity contribution in [1.82, 2.24) is 4.98 Å². The Kier molecular flexibility index (Phi) is 5.72. The number of fused-ring (bicyclic) bond motifs is 1. The molecule has 3 aromatic rings. The van der Waals surface area contributed by atoms with Crippen molar-refractivity contribution in [3.63, 3.8) is 0 Å². The Bertz CT molecular complexity index is 926. The SMILES string of the molecule is COC(=O)c1ccc2oc(C3CCC(COCc4ccccc4)CC3)nc2c1. The van der Waals surface area contributed by atoms with E-state index in [4.69, 9.17) is 13.9 Å². The number of carbonyl (C=O) groups excluding carboxylic acids is 1. The number of ether oxygens (including phenoxy) is 2. The maximum atomic E-state index is 11.7. The molecule has 5 nitrogen and oxygen atoms in total. The van der Waals surface area contributed by atoms with E-state index in [1.807, 2.05) is 18.2 Å². The molecule has 1 heterocycles. The molecule has 5 heteroatoms. The van der Waals surface area contributed by atoms with Crippen molar-refractivity contribution in [2.24, 2.45) is 5.92 Å². The average molecular weight is 379 g/mol. The second kappa shape index (κ2) is 8.57. The molecule has 2 aromatic carbocycles. The Morgan fingerprint density at radius 3 is 2.64 bits per heavy atom. The van der Waals surface area contributed by atoms with Gasteiger partial charge in [-0.3, -0.25) is 0 Å². The van der Waals surface area contributed by atoms with E-state index < -0.39 is 0 Å². The molecule has 0 aliphatic heterocycles. The summed E-state index contributed by atoms with van der Waals surface area (Å²) in [5.41, 5.74) is 3.14. The number of rotatable bonds is 6. The van der Waals surface area contributed by atoms with E-state index in [0.717, 1.165) is 43.8 Å². The maximum Gasteiger partial charge on any atom is 0.337 e. The van der Waals surface area contributed by atoms with Crippen LogP contribution in [0.1, 0.15) is 53.4 Å². The first-order valence-corrected chi connectivity index (χ1v) is 9.83. The molecule has 0 amide bonds. The van der Waals surface area contributed by atoms with Crippen molar-refractivity contribution < 1.29 is 18.7 Å². The first-order valence-electron chi connectivity index (χ1n) is 9.83. The summed E-state index contributed by atoms with van der Waals surface area (Å²) in [5, 5.41) is 0. The monoisotopic (exact) mass is 379 g/mol.